The van der Waals surface area contributed by atoms with Crippen LogP contribution in [-0.2, 0) is 4.79 Å². The SMILES string of the molecule is CC1CCN(C(=O)CN2CCN(C(=O)c3ccccc3Cl)CC2)c2ccccc2S1. The third-order valence-electron chi connectivity index (χ3n) is 5.67. The highest BCUT2D eigenvalue weighted by Gasteiger charge is 2.28. The molecule has 1 saturated heterocycles. The van der Waals surface area contributed by atoms with Gasteiger partial charge in [0, 0.05) is 42.9 Å². The number of benzene rings is 2. The number of carbonyl (C=O) groups is 2. The molecule has 158 valence electrons. The summed E-state index contributed by atoms with van der Waals surface area (Å²) in [5.74, 6) is 0.0852. The van der Waals surface area contributed by atoms with E-state index in [1.54, 1.807) is 12.1 Å². The fourth-order valence-corrected chi connectivity index (χ4v) is 5.27. The Hall–Kier alpha value is -2.02. The fourth-order valence-electron chi connectivity index (χ4n) is 3.94. The molecule has 0 radical (unpaired) electrons. The molecule has 1 unspecified atom stereocenters. The van der Waals surface area contributed by atoms with E-state index in [1.165, 1.54) is 4.90 Å². The van der Waals surface area contributed by atoms with Crippen LogP contribution in [0.1, 0.15) is 23.7 Å². The summed E-state index contributed by atoms with van der Waals surface area (Å²) >= 11 is 8.02. The highest BCUT2D eigenvalue weighted by Crippen LogP contribution is 2.37. The average molecular weight is 444 g/mol. The van der Waals surface area contributed by atoms with Crippen molar-refractivity contribution in [2.45, 2.75) is 23.5 Å². The van der Waals surface area contributed by atoms with Crippen LogP contribution in [0.15, 0.2) is 53.4 Å². The van der Waals surface area contributed by atoms with Gasteiger partial charge < -0.3 is 9.80 Å². The second-order valence-electron chi connectivity index (χ2n) is 7.78. The van der Waals surface area contributed by atoms with Crippen molar-refractivity contribution in [1.82, 2.24) is 9.80 Å². The van der Waals surface area contributed by atoms with Crippen LogP contribution in [0, 0.1) is 0 Å². The Labute approximate surface area is 187 Å². The number of carbonyl (C=O) groups excluding carboxylic acids is 2. The molecular formula is C23H26ClN3O2S. The monoisotopic (exact) mass is 443 g/mol. The molecule has 1 fully saturated rings. The number of rotatable bonds is 3. The molecule has 5 nitrogen and oxygen atoms in total. The Morgan fingerprint density at radius 2 is 1.70 bits per heavy atom. The fraction of sp³-hybridized carbons (Fsp3) is 0.391. The second-order valence-corrected chi connectivity index (χ2v) is 9.67. The van der Waals surface area contributed by atoms with Crippen LogP contribution >= 0.6 is 23.4 Å². The van der Waals surface area contributed by atoms with Gasteiger partial charge >= 0.3 is 0 Å². The molecule has 1 atom stereocenters. The van der Waals surface area contributed by atoms with E-state index in [1.807, 2.05) is 51.9 Å². The minimum atomic E-state index is -0.0426. The number of nitrogens with zero attached hydrogens (tertiary/aromatic N) is 3. The number of thioether (sulfide) groups is 1. The Bertz CT molecular complexity index is 930. The molecule has 0 spiro atoms. The van der Waals surface area contributed by atoms with Crippen LogP contribution < -0.4 is 4.90 Å². The van der Waals surface area contributed by atoms with Gasteiger partial charge in [-0.15, -0.1) is 11.8 Å². The van der Waals surface area contributed by atoms with Gasteiger partial charge in [0.05, 0.1) is 22.8 Å². The molecular weight excluding hydrogens is 418 g/mol. The topological polar surface area (TPSA) is 43.9 Å². The molecule has 7 heteroatoms. The average Bonchev–Trinajstić information content (AvgIpc) is 2.92. The third-order valence-corrected chi connectivity index (χ3v) is 7.23. The number of hydrogen-bond donors (Lipinski definition) is 0. The lowest BCUT2D eigenvalue weighted by atomic mass is 10.1. The summed E-state index contributed by atoms with van der Waals surface area (Å²) in [6.45, 7) is 5.90. The van der Waals surface area contributed by atoms with E-state index in [-0.39, 0.29) is 11.8 Å². The highest BCUT2D eigenvalue weighted by atomic mass is 35.5. The first kappa shape index (κ1) is 21.2. The molecule has 30 heavy (non-hydrogen) atoms. The predicted octanol–water partition coefficient (Wildman–Crippen LogP) is 4.02. The van der Waals surface area contributed by atoms with Gasteiger partial charge in [-0.3, -0.25) is 14.5 Å². The van der Waals surface area contributed by atoms with Crippen molar-refractivity contribution in [3.8, 4) is 0 Å². The van der Waals surface area contributed by atoms with Crippen LogP contribution in [0.3, 0.4) is 0 Å². The van der Waals surface area contributed by atoms with Gasteiger partial charge in [0.25, 0.3) is 5.91 Å². The minimum Gasteiger partial charge on any atom is -0.336 e. The largest absolute Gasteiger partial charge is 0.336 e. The number of halogens is 1. The molecule has 2 aromatic carbocycles. The van der Waals surface area contributed by atoms with Crippen molar-refractivity contribution in [2.24, 2.45) is 0 Å². The van der Waals surface area contributed by atoms with E-state index in [4.69, 9.17) is 11.6 Å². The molecule has 0 aliphatic carbocycles. The van der Waals surface area contributed by atoms with Gasteiger partial charge in [0.1, 0.15) is 0 Å². The summed E-state index contributed by atoms with van der Waals surface area (Å²) in [5, 5.41) is 0.968. The van der Waals surface area contributed by atoms with E-state index in [9.17, 15) is 9.59 Å². The molecule has 0 bridgehead atoms. The standard InChI is InChI=1S/C23H26ClN3O2S/c1-17-10-11-27(20-8-4-5-9-21(20)30-17)22(28)16-25-12-14-26(15-13-25)23(29)18-6-2-3-7-19(18)24/h2-9,17H,10-16H2,1H3. The molecule has 2 amide bonds. The zero-order valence-electron chi connectivity index (χ0n) is 17.1. The van der Waals surface area contributed by atoms with E-state index in [2.05, 4.69) is 17.9 Å². The summed E-state index contributed by atoms with van der Waals surface area (Å²) in [7, 11) is 0. The predicted molar refractivity (Wildman–Crippen MR) is 123 cm³/mol. The minimum absolute atomic E-state index is 0.0426. The van der Waals surface area contributed by atoms with Crippen molar-refractivity contribution >= 4 is 40.9 Å². The lowest BCUT2D eigenvalue weighted by Crippen LogP contribution is -2.51. The Morgan fingerprint density at radius 3 is 2.47 bits per heavy atom. The normalized spacial score (nSPS) is 19.9. The van der Waals surface area contributed by atoms with Gasteiger partial charge in [-0.1, -0.05) is 42.8 Å². The van der Waals surface area contributed by atoms with Gasteiger partial charge in [-0.25, -0.2) is 0 Å². The molecule has 0 N–H and O–H groups in total. The zero-order chi connectivity index (χ0) is 21.1. The number of hydrogen-bond acceptors (Lipinski definition) is 4. The maximum atomic E-state index is 13.1. The maximum Gasteiger partial charge on any atom is 0.255 e. The first-order valence-electron chi connectivity index (χ1n) is 10.3. The summed E-state index contributed by atoms with van der Waals surface area (Å²) in [6.07, 6.45) is 0.977. The molecule has 2 heterocycles. The van der Waals surface area contributed by atoms with E-state index in [0.29, 0.717) is 48.6 Å². The summed E-state index contributed by atoms with van der Waals surface area (Å²) in [4.78, 5) is 33.0. The molecule has 4 rings (SSSR count). The van der Waals surface area contributed by atoms with Crippen molar-refractivity contribution < 1.29 is 9.59 Å². The maximum absolute atomic E-state index is 13.1. The van der Waals surface area contributed by atoms with E-state index >= 15 is 0 Å². The van der Waals surface area contributed by atoms with Gasteiger partial charge in [-0.05, 0) is 30.7 Å². The van der Waals surface area contributed by atoms with E-state index in [0.717, 1.165) is 18.7 Å². The highest BCUT2D eigenvalue weighted by molar-refractivity contribution is 8.00. The third kappa shape index (κ3) is 4.66. The van der Waals surface area contributed by atoms with Crippen molar-refractivity contribution in [3.05, 3.63) is 59.1 Å². The van der Waals surface area contributed by atoms with Crippen LogP contribution in [0.4, 0.5) is 5.69 Å². The Balaban J connectivity index is 1.37. The molecule has 0 saturated carbocycles. The molecule has 0 aromatic heterocycles. The zero-order valence-corrected chi connectivity index (χ0v) is 18.7. The number of anilines is 1. The van der Waals surface area contributed by atoms with Gasteiger partial charge in [0.15, 0.2) is 0 Å². The summed E-state index contributed by atoms with van der Waals surface area (Å²) in [5.41, 5.74) is 1.56. The molecule has 2 aliphatic heterocycles. The number of piperazine rings is 1. The number of amides is 2. The van der Waals surface area contributed by atoms with E-state index < -0.39 is 0 Å². The first-order valence-corrected chi connectivity index (χ1v) is 11.6. The van der Waals surface area contributed by atoms with Gasteiger partial charge in [-0.2, -0.15) is 0 Å². The van der Waals surface area contributed by atoms with Crippen LogP contribution in [0.2, 0.25) is 5.02 Å². The van der Waals surface area contributed by atoms with Crippen LogP contribution in [0.25, 0.3) is 0 Å². The molecule has 2 aromatic rings. The quantitative estimate of drug-likeness (QED) is 0.718. The van der Waals surface area contributed by atoms with Crippen molar-refractivity contribution in [3.63, 3.8) is 0 Å². The first-order chi connectivity index (χ1) is 14.5. The summed E-state index contributed by atoms with van der Waals surface area (Å²) in [6, 6.07) is 15.3. The van der Waals surface area contributed by atoms with Gasteiger partial charge in [0.2, 0.25) is 5.91 Å². The second kappa shape index (κ2) is 9.41. The van der Waals surface area contributed by atoms with Crippen LogP contribution in [-0.4, -0.2) is 66.1 Å². The van der Waals surface area contributed by atoms with Crippen LogP contribution in [0.5, 0.6) is 0 Å². The van der Waals surface area contributed by atoms with Crippen molar-refractivity contribution in [2.75, 3.05) is 44.2 Å². The van der Waals surface area contributed by atoms with Crippen molar-refractivity contribution in [1.29, 1.82) is 0 Å². The molecule has 2 aliphatic rings. The Morgan fingerprint density at radius 1 is 1.00 bits per heavy atom. The Kier molecular flexibility index (Phi) is 6.66. The number of para-hydroxylation sites is 1. The summed E-state index contributed by atoms with van der Waals surface area (Å²) < 4.78 is 0. The smallest absolute Gasteiger partial charge is 0.255 e. The lowest BCUT2D eigenvalue weighted by Gasteiger charge is -2.35. The number of fused-ring (bicyclic) bond motifs is 1. The lowest BCUT2D eigenvalue weighted by molar-refractivity contribution is -0.120.